The first-order chi connectivity index (χ1) is 12.1. The Kier molecular flexibility index (Phi) is 5.35. The van der Waals surface area contributed by atoms with Gasteiger partial charge in [-0.2, -0.15) is 0 Å². The molecule has 1 heterocycles. The van der Waals surface area contributed by atoms with Gasteiger partial charge in [0.05, 0.1) is 22.1 Å². The van der Waals surface area contributed by atoms with Gasteiger partial charge in [0.15, 0.2) is 4.34 Å². The van der Waals surface area contributed by atoms with E-state index in [9.17, 15) is 19.8 Å². The predicted octanol–water partition coefficient (Wildman–Crippen LogP) is 3.96. The maximum Gasteiger partial charge on any atom is 0.311 e. The van der Waals surface area contributed by atoms with Gasteiger partial charge in [-0.25, -0.2) is 4.98 Å². The van der Waals surface area contributed by atoms with Crippen molar-refractivity contribution in [3.63, 3.8) is 0 Å². The Bertz CT molecular complexity index is 861. The molecule has 0 radical (unpaired) electrons. The van der Waals surface area contributed by atoms with E-state index in [1.807, 2.05) is 24.3 Å². The van der Waals surface area contributed by atoms with Crippen LogP contribution in [0, 0.1) is 5.92 Å². The molecule has 0 aliphatic carbocycles. The van der Waals surface area contributed by atoms with Crippen LogP contribution >= 0.6 is 23.1 Å². The standard InChI is InChI=1S/C18H15NO4S2/c20-16(21)12(15(17(22)23)11-6-2-1-3-7-11)10-24-18-19-13-8-4-5-9-14(13)25-18/h1-9,12,15H,10H2,(H,20,21)(H,22,23). The first-order valence-electron chi connectivity index (χ1n) is 7.55. The lowest BCUT2D eigenvalue weighted by Crippen LogP contribution is -2.30. The van der Waals surface area contributed by atoms with E-state index in [0.29, 0.717) is 5.56 Å². The summed E-state index contributed by atoms with van der Waals surface area (Å²) in [6, 6.07) is 16.2. The summed E-state index contributed by atoms with van der Waals surface area (Å²) in [5, 5.41) is 19.1. The zero-order valence-corrected chi connectivity index (χ0v) is 14.7. The third kappa shape index (κ3) is 4.00. The van der Waals surface area contributed by atoms with Crippen molar-refractivity contribution < 1.29 is 19.8 Å². The molecule has 1 aromatic heterocycles. The van der Waals surface area contributed by atoms with E-state index in [0.717, 1.165) is 14.6 Å². The zero-order valence-electron chi connectivity index (χ0n) is 13.0. The molecule has 2 unspecified atom stereocenters. The van der Waals surface area contributed by atoms with Crippen LogP contribution in [0.5, 0.6) is 0 Å². The van der Waals surface area contributed by atoms with Crippen LogP contribution in [-0.2, 0) is 9.59 Å². The zero-order chi connectivity index (χ0) is 17.8. The molecule has 0 saturated carbocycles. The van der Waals surface area contributed by atoms with Crippen molar-refractivity contribution >= 4 is 45.3 Å². The maximum absolute atomic E-state index is 11.7. The van der Waals surface area contributed by atoms with Gasteiger partial charge in [0.1, 0.15) is 0 Å². The van der Waals surface area contributed by atoms with Crippen molar-refractivity contribution in [2.75, 3.05) is 5.75 Å². The van der Waals surface area contributed by atoms with Gasteiger partial charge in [0, 0.05) is 5.75 Å². The molecule has 0 amide bonds. The second-order valence-corrected chi connectivity index (χ2v) is 7.73. The highest BCUT2D eigenvalue weighted by molar-refractivity contribution is 8.01. The average Bonchev–Trinajstić information content (AvgIpc) is 3.01. The molecule has 5 nitrogen and oxygen atoms in total. The lowest BCUT2D eigenvalue weighted by atomic mass is 9.87. The summed E-state index contributed by atoms with van der Waals surface area (Å²) >= 11 is 2.76. The summed E-state index contributed by atoms with van der Waals surface area (Å²) in [7, 11) is 0. The maximum atomic E-state index is 11.7. The average molecular weight is 373 g/mol. The monoisotopic (exact) mass is 373 g/mol. The number of carboxylic acids is 2. The normalized spacial score (nSPS) is 13.4. The van der Waals surface area contributed by atoms with E-state index in [4.69, 9.17) is 0 Å². The molecule has 3 rings (SSSR count). The third-order valence-corrected chi connectivity index (χ3v) is 6.10. The van der Waals surface area contributed by atoms with Gasteiger partial charge >= 0.3 is 11.9 Å². The number of hydrogen-bond acceptors (Lipinski definition) is 5. The van der Waals surface area contributed by atoms with Crippen LogP contribution in [0.3, 0.4) is 0 Å². The number of thioether (sulfide) groups is 1. The van der Waals surface area contributed by atoms with Gasteiger partial charge in [-0.3, -0.25) is 9.59 Å². The SMILES string of the molecule is O=C(O)C(CSc1nc2ccccc2s1)C(C(=O)O)c1ccccc1. The Labute approximate surface area is 152 Å². The molecular weight excluding hydrogens is 358 g/mol. The van der Waals surface area contributed by atoms with Crippen LogP contribution in [0.2, 0.25) is 0 Å². The Morgan fingerprint density at radius 1 is 1.00 bits per heavy atom. The van der Waals surface area contributed by atoms with Crippen LogP contribution in [0.4, 0.5) is 0 Å². The second kappa shape index (κ2) is 7.67. The highest BCUT2D eigenvalue weighted by Gasteiger charge is 2.35. The van der Waals surface area contributed by atoms with Crippen LogP contribution in [-0.4, -0.2) is 32.9 Å². The largest absolute Gasteiger partial charge is 0.481 e. The molecule has 0 bridgehead atoms. The topological polar surface area (TPSA) is 87.5 Å². The lowest BCUT2D eigenvalue weighted by molar-refractivity contribution is -0.149. The van der Waals surface area contributed by atoms with E-state index >= 15 is 0 Å². The Morgan fingerprint density at radius 2 is 1.68 bits per heavy atom. The number of thiazole rings is 1. The van der Waals surface area contributed by atoms with Gasteiger partial charge in [-0.05, 0) is 17.7 Å². The molecule has 3 aromatic rings. The number of aliphatic carboxylic acids is 2. The minimum Gasteiger partial charge on any atom is -0.481 e. The smallest absolute Gasteiger partial charge is 0.311 e. The fourth-order valence-electron chi connectivity index (χ4n) is 2.59. The number of hydrogen-bond donors (Lipinski definition) is 2. The van der Waals surface area contributed by atoms with E-state index < -0.39 is 23.8 Å². The second-order valence-electron chi connectivity index (χ2n) is 5.43. The molecule has 0 aliphatic heterocycles. The Balaban J connectivity index is 1.82. The van der Waals surface area contributed by atoms with Crippen LogP contribution in [0.25, 0.3) is 10.2 Å². The van der Waals surface area contributed by atoms with Gasteiger partial charge in [0.25, 0.3) is 0 Å². The number of carbonyl (C=O) groups is 2. The fraction of sp³-hybridized carbons (Fsp3) is 0.167. The quantitative estimate of drug-likeness (QED) is 0.610. The number of carboxylic acid groups (broad SMARTS) is 2. The number of aromatic nitrogens is 1. The molecule has 2 N–H and O–H groups in total. The number of para-hydroxylation sites is 1. The van der Waals surface area contributed by atoms with E-state index in [1.165, 1.54) is 23.1 Å². The summed E-state index contributed by atoms with van der Waals surface area (Å²) in [6.45, 7) is 0. The summed E-state index contributed by atoms with van der Waals surface area (Å²) in [5.41, 5.74) is 1.35. The van der Waals surface area contributed by atoms with Crippen LogP contribution in [0.15, 0.2) is 58.9 Å². The summed E-state index contributed by atoms with van der Waals surface area (Å²) in [4.78, 5) is 27.9. The number of rotatable bonds is 7. The molecule has 2 atom stereocenters. The van der Waals surface area contributed by atoms with Crippen molar-refractivity contribution in [1.29, 1.82) is 0 Å². The van der Waals surface area contributed by atoms with E-state index in [1.54, 1.807) is 30.3 Å². The van der Waals surface area contributed by atoms with Crippen molar-refractivity contribution in [2.24, 2.45) is 5.92 Å². The molecule has 0 spiro atoms. The van der Waals surface area contributed by atoms with Gasteiger partial charge in [0.2, 0.25) is 0 Å². The van der Waals surface area contributed by atoms with Crippen molar-refractivity contribution in [1.82, 2.24) is 4.98 Å². The third-order valence-electron chi connectivity index (χ3n) is 3.80. The number of benzene rings is 2. The van der Waals surface area contributed by atoms with E-state index in [2.05, 4.69) is 4.98 Å². The molecule has 25 heavy (non-hydrogen) atoms. The molecule has 128 valence electrons. The predicted molar refractivity (Wildman–Crippen MR) is 98.3 cm³/mol. The number of nitrogens with zero attached hydrogens (tertiary/aromatic N) is 1. The molecule has 7 heteroatoms. The van der Waals surface area contributed by atoms with E-state index in [-0.39, 0.29) is 5.75 Å². The molecular formula is C18H15NO4S2. The van der Waals surface area contributed by atoms with Crippen molar-refractivity contribution in [2.45, 2.75) is 10.3 Å². The summed E-state index contributed by atoms with van der Waals surface area (Å²) in [6.07, 6.45) is 0. The molecule has 0 saturated heterocycles. The van der Waals surface area contributed by atoms with Gasteiger partial charge in [-0.15, -0.1) is 11.3 Å². The van der Waals surface area contributed by atoms with Crippen molar-refractivity contribution in [3.8, 4) is 0 Å². The molecule has 0 fully saturated rings. The van der Waals surface area contributed by atoms with Crippen LogP contribution < -0.4 is 0 Å². The Hall–Kier alpha value is -2.38. The molecule has 2 aromatic carbocycles. The summed E-state index contributed by atoms with van der Waals surface area (Å²) < 4.78 is 1.76. The number of fused-ring (bicyclic) bond motifs is 1. The fourth-order valence-corrected chi connectivity index (χ4v) is 4.82. The minimum absolute atomic E-state index is 0.140. The van der Waals surface area contributed by atoms with Crippen molar-refractivity contribution in [3.05, 3.63) is 60.2 Å². The first kappa shape index (κ1) is 17.4. The highest BCUT2D eigenvalue weighted by Crippen LogP contribution is 2.34. The minimum atomic E-state index is -1.14. The summed E-state index contributed by atoms with van der Waals surface area (Å²) in [5.74, 6) is -4.26. The lowest BCUT2D eigenvalue weighted by Gasteiger charge is -2.20. The molecule has 0 aliphatic rings. The Morgan fingerprint density at radius 3 is 2.32 bits per heavy atom. The van der Waals surface area contributed by atoms with Gasteiger partial charge in [-0.1, -0.05) is 54.2 Å². The van der Waals surface area contributed by atoms with Crippen LogP contribution in [0.1, 0.15) is 11.5 Å². The van der Waals surface area contributed by atoms with Gasteiger partial charge < -0.3 is 10.2 Å². The first-order valence-corrected chi connectivity index (χ1v) is 9.35. The highest BCUT2D eigenvalue weighted by atomic mass is 32.2.